The van der Waals surface area contributed by atoms with Crippen molar-refractivity contribution >= 4 is 5.91 Å². The third kappa shape index (κ3) is 3.50. The fourth-order valence-electron chi connectivity index (χ4n) is 2.41. The van der Waals surface area contributed by atoms with Gasteiger partial charge in [-0.3, -0.25) is 10.1 Å². The van der Waals surface area contributed by atoms with Gasteiger partial charge in [0.2, 0.25) is 5.91 Å². The van der Waals surface area contributed by atoms with Gasteiger partial charge in [0.1, 0.15) is 6.04 Å². The molecule has 0 bridgehead atoms. The van der Waals surface area contributed by atoms with Crippen molar-refractivity contribution in [2.75, 3.05) is 13.6 Å². The second-order valence-electron chi connectivity index (χ2n) is 5.06. The summed E-state index contributed by atoms with van der Waals surface area (Å²) in [5.74, 6) is -0.0219. The quantitative estimate of drug-likeness (QED) is 0.926. The van der Waals surface area contributed by atoms with Crippen LogP contribution in [0.2, 0.25) is 0 Å². The number of piperidine rings is 1. The minimum absolute atomic E-state index is 0.0219. The number of nitrogens with one attached hydrogen (secondary N) is 1. The van der Waals surface area contributed by atoms with Crippen LogP contribution >= 0.6 is 0 Å². The number of rotatable bonds is 3. The van der Waals surface area contributed by atoms with Crippen molar-refractivity contribution < 1.29 is 18.0 Å². The van der Waals surface area contributed by atoms with Crippen LogP contribution in [0.15, 0.2) is 30.3 Å². The topological polar surface area (TPSA) is 32.3 Å². The highest BCUT2D eigenvalue weighted by Gasteiger charge is 2.42. The monoisotopic (exact) mass is 286 g/mol. The molecule has 1 aliphatic rings. The number of carbonyl (C=O) groups excluding carboxylic acids is 1. The molecule has 0 spiro atoms. The number of hydrogen-bond acceptors (Lipinski definition) is 2. The molecule has 1 saturated heterocycles. The molecule has 0 radical (unpaired) electrons. The van der Waals surface area contributed by atoms with Crippen LogP contribution in [0.1, 0.15) is 24.4 Å². The number of carbonyl (C=O) groups is 1. The van der Waals surface area contributed by atoms with Crippen LogP contribution in [0.5, 0.6) is 0 Å². The smallest absolute Gasteiger partial charge is 0.344 e. The van der Waals surface area contributed by atoms with Crippen molar-refractivity contribution in [3.63, 3.8) is 0 Å². The van der Waals surface area contributed by atoms with Crippen molar-refractivity contribution in [1.29, 1.82) is 0 Å². The Labute approximate surface area is 115 Å². The molecule has 2 atom stereocenters. The molecule has 1 fully saturated rings. The molecule has 110 valence electrons. The average molecular weight is 286 g/mol. The van der Waals surface area contributed by atoms with E-state index >= 15 is 0 Å². The number of amides is 1. The lowest BCUT2D eigenvalue weighted by atomic mass is 10.0. The number of alkyl halides is 3. The first-order chi connectivity index (χ1) is 9.38. The maximum atomic E-state index is 13.2. The molecule has 1 aliphatic heterocycles. The van der Waals surface area contributed by atoms with Crippen molar-refractivity contribution in [3.8, 4) is 0 Å². The molecule has 1 heterocycles. The fourth-order valence-corrected chi connectivity index (χ4v) is 2.41. The van der Waals surface area contributed by atoms with Crippen LogP contribution in [0, 0.1) is 0 Å². The van der Waals surface area contributed by atoms with E-state index in [-0.39, 0.29) is 23.9 Å². The summed E-state index contributed by atoms with van der Waals surface area (Å²) in [5, 5.41) is 2.64. The Morgan fingerprint density at radius 1 is 1.30 bits per heavy atom. The molecular formula is C14H17F3N2O. The molecular weight excluding hydrogens is 269 g/mol. The van der Waals surface area contributed by atoms with E-state index in [4.69, 9.17) is 0 Å². The number of nitrogens with zero attached hydrogens (tertiary/aromatic N) is 1. The van der Waals surface area contributed by atoms with E-state index in [2.05, 4.69) is 5.32 Å². The maximum absolute atomic E-state index is 13.2. The fraction of sp³-hybridized carbons (Fsp3) is 0.500. The zero-order valence-corrected chi connectivity index (χ0v) is 11.2. The normalized spacial score (nSPS) is 21.9. The number of likely N-dealkylation sites (N-methyl/N-ethyl adjacent to an activating group) is 1. The van der Waals surface area contributed by atoms with E-state index in [0.717, 1.165) is 0 Å². The summed E-state index contributed by atoms with van der Waals surface area (Å²) < 4.78 is 39.6. The Hall–Kier alpha value is -1.56. The number of benzene rings is 1. The van der Waals surface area contributed by atoms with E-state index in [1.165, 1.54) is 17.0 Å². The molecule has 20 heavy (non-hydrogen) atoms. The number of likely N-dealkylation sites (tertiary alicyclic amines) is 1. The largest absolute Gasteiger partial charge is 0.407 e. The van der Waals surface area contributed by atoms with Crippen LogP contribution in [0.4, 0.5) is 13.2 Å². The molecule has 1 aromatic carbocycles. The molecule has 0 aliphatic carbocycles. The summed E-state index contributed by atoms with van der Waals surface area (Å²) >= 11 is 0. The predicted octanol–water partition coefficient (Wildman–Crippen LogP) is 2.50. The van der Waals surface area contributed by atoms with Gasteiger partial charge in [-0.05, 0) is 12.0 Å². The maximum Gasteiger partial charge on any atom is 0.407 e. The molecule has 1 N–H and O–H groups in total. The van der Waals surface area contributed by atoms with E-state index in [1.807, 2.05) is 0 Å². The molecule has 1 amide bonds. The number of halogens is 3. The first-order valence-corrected chi connectivity index (χ1v) is 6.49. The van der Waals surface area contributed by atoms with E-state index in [1.54, 1.807) is 25.2 Å². The number of hydrogen-bond donors (Lipinski definition) is 1. The highest BCUT2D eigenvalue weighted by molar-refractivity contribution is 5.76. The third-order valence-electron chi connectivity index (χ3n) is 3.49. The zero-order chi connectivity index (χ0) is 14.8. The lowest BCUT2D eigenvalue weighted by Crippen LogP contribution is -2.50. The van der Waals surface area contributed by atoms with Crippen LogP contribution in [-0.2, 0) is 4.79 Å². The summed E-state index contributed by atoms with van der Waals surface area (Å²) in [6.45, 7) is 0.304. The van der Waals surface area contributed by atoms with Crippen molar-refractivity contribution in [3.05, 3.63) is 35.9 Å². The summed E-state index contributed by atoms with van der Waals surface area (Å²) in [6, 6.07) is 5.74. The molecule has 0 saturated carbocycles. The first-order valence-electron chi connectivity index (χ1n) is 6.49. The van der Waals surface area contributed by atoms with Crippen LogP contribution < -0.4 is 5.32 Å². The van der Waals surface area contributed by atoms with Crippen molar-refractivity contribution in [2.45, 2.75) is 31.1 Å². The third-order valence-corrected chi connectivity index (χ3v) is 3.49. The average Bonchev–Trinajstić information content (AvgIpc) is 2.39. The van der Waals surface area contributed by atoms with E-state index < -0.39 is 12.2 Å². The minimum atomic E-state index is -4.36. The van der Waals surface area contributed by atoms with Gasteiger partial charge in [0.15, 0.2) is 0 Å². The zero-order valence-electron chi connectivity index (χ0n) is 11.2. The van der Waals surface area contributed by atoms with Crippen molar-refractivity contribution in [2.24, 2.45) is 0 Å². The van der Waals surface area contributed by atoms with Gasteiger partial charge in [-0.1, -0.05) is 30.3 Å². The Morgan fingerprint density at radius 3 is 2.50 bits per heavy atom. The summed E-state index contributed by atoms with van der Waals surface area (Å²) in [4.78, 5) is 12.8. The van der Waals surface area contributed by atoms with Crippen molar-refractivity contribution in [1.82, 2.24) is 10.2 Å². The van der Waals surface area contributed by atoms with Crippen LogP contribution in [0.3, 0.4) is 0 Å². The second kappa shape index (κ2) is 5.83. The van der Waals surface area contributed by atoms with Crippen LogP contribution in [0.25, 0.3) is 0 Å². The van der Waals surface area contributed by atoms with Gasteiger partial charge in [0.25, 0.3) is 0 Å². The highest BCUT2D eigenvalue weighted by atomic mass is 19.4. The Bertz CT molecular complexity index is 461. The first kappa shape index (κ1) is 14.8. The molecule has 2 rings (SSSR count). The molecule has 2 unspecified atom stereocenters. The summed E-state index contributed by atoms with van der Waals surface area (Å²) in [7, 11) is 1.61. The lowest BCUT2D eigenvalue weighted by molar-refractivity contribution is -0.161. The Kier molecular flexibility index (Phi) is 4.32. The molecule has 6 heteroatoms. The van der Waals surface area contributed by atoms with Gasteiger partial charge in [0.05, 0.1) is 0 Å². The molecule has 3 nitrogen and oxygen atoms in total. The van der Waals surface area contributed by atoms with E-state index in [9.17, 15) is 18.0 Å². The molecule has 1 aromatic rings. The minimum Gasteiger partial charge on any atom is -0.344 e. The van der Waals surface area contributed by atoms with Gasteiger partial charge in [0, 0.05) is 26.1 Å². The van der Waals surface area contributed by atoms with E-state index in [0.29, 0.717) is 13.0 Å². The predicted molar refractivity (Wildman–Crippen MR) is 69.0 cm³/mol. The van der Waals surface area contributed by atoms with Crippen LogP contribution in [-0.4, -0.2) is 36.6 Å². The van der Waals surface area contributed by atoms with Gasteiger partial charge >= 0.3 is 6.18 Å². The second-order valence-corrected chi connectivity index (χ2v) is 5.06. The summed E-state index contributed by atoms with van der Waals surface area (Å²) in [6.07, 6.45) is -3.64. The Morgan fingerprint density at radius 2 is 1.95 bits per heavy atom. The van der Waals surface area contributed by atoms with Gasteiger partial charge in [-0.25, -0.2) is 0 Å². The summed E-state index contributed by atoms with van der Waals surface area (Å²) in [5.41, 5.74) is 0.194. The lowest BCUT2D eigenvalue weighted by Gasteiger charge is -2.34. The molecule has 0 aromatic heterocycles. The van der Waals surface area contributed by atoms with Gasteiger partial charge in [-0.2, -0.15) is 13.2 Å². The van der Waals surface area contributed by atoms with Gasteiger partial charge in [-0.15, -0.1) is 0 Å². The highest BCUT2D eigenvalue weighted by Crippen LogP contribution is 2.33. The van der Waals surface area contributed by atoms with Gasteiger partial charge < -0.3 is 4.90 Å². The standard InChI is InChI=1S/C14H17F3N2O/c1-19-9-11(7-8-12(19)20)18-13(14(15,16)17)10-5-3-2-4-6-10/h2-6,11,13,18H,7-9H2,1H3. The Balaban J connectivity index is 2.12. The SMILES string of the molecule is CN1CC(NC(c2ccccc2)C(F)(F)F)CCC1=O.